The van der Waals surface area contributed by atoms with Crippen molar-refractivity contribution in [3.8, 4) is 11.3 Å². The van der Waals surface area contributed by atoms with Gasteiger partial charge in [0.15, 0.2) is 0 Å². The fourth-order valence-corrected chi connectivity index (χ4v) is 3.79. The Morgan fingerprint density at radius 2 is 1.94 bits per heavy atom. The van der Waals surface area contributed by atoms with Gasteiger partial charge < -0.3 is 16.0 Å². The first-order chi connectivity index (χ1) is 15.4. The van der Waals surface area contributed by atoms with Crippen LogP contribution in [0, 0.1) is 5.41 Å². The van der Waals surface area contributed by atoms with Crippen LogP contribution < -0.4 is 16.8 Å². The molecule has 0 bridgehead atoms. The third kappa shape index (κ3) is 5.73. The normalized spacial score (nSPS) is 11.7. The summed E-state index contributed by atoms with van der Waals surface area (Å²) in [5.41, 5.74) is 14.1. The second-order valence-corrected chi connectivity index (χ2v) is 9.88. The van der Waals surface area contributed by atoms with Crippen molar-refractivity contribution >= 4 is 35.1 Å². The molecule has 0 aliphatic carbocycles. The molecule has 9 nitrogen and oxygen atoms in total. The molecule has 0 fully saturated rings. The van der Waals surface area contributed by atoms with E-state index in [1.165, 1.54) is 4.68 Å². The summed E-state index contributed by atoms with van der Waals surface area (Å²) in [5, 5.41) is 11.5. The van der Waals surface area contributed by atoms with Gasteiger partial charge in [-0.3, -0.25) is 14.9 Å². The van der Waals surface area contributed by atoms with E-state index in [1.807, 2.05) is 13.8 Å². The molecule has 0 radical (unpaired) electrons. The van der Waals surface area contributed by atoms with Gasteiger partial charge in [0.25, 0.3) is 5.91 Å². The lowest BCUT2D eigenvalue weighted by Crippen LogP contribution is -2.15. The summed E-state index contributed by atoms with van der Waals surface area (Å²) in [6.07, 6.45) is 0.800. The average Bonchev–Trinajstić information content (AvgIpc) is 3.24. The highest BCUT2D eigenvalue weighted by atomic mass is 35.5. The summed E-state index contributed by atoms with van der Waals surface area (Å²) in [7, 11) is 0. The van der Waals surface area contributed by atoms with Crippen LogP contribution in [-0.2, 0) is 17.6 Å². The lowest BCUT2D eigenvalue weighted by Gasteiger charge is -2.14. The minimum absolute atomic E-state index is 0.0562. The predicted octanol–water partition coefficient (Wildman–Crippen LogP) is 4.22. The second kappa shape index (κ2) is 9.27. The minimum atomic E-state index is -0.688. The Kier molecular flexibility index (Phi) is 6.83. The van der Waals surface area contributed by atoms with E-state index in [2.05, 4.69) is 36.3 Å². The molecule has 5 N–H and O–H groups in total. The first-order valence-electron chi connectivity index (χ1n) is 10.6. The number of nitrogens with two attached hydrogens (primary N) is 2. The highest BCUT2D eigenvalue weighted by Crippen LogP contribution is 2.34. The molecule has 0 aliphatic rings. The predicted molar refractivity (Wildman–Crippen MR) is 128 cm³/mol. The van der Waals surface area contributed by atoms with Gasteiger partial charge in [0, 0.05) is 17.7 Å². The maximum atomic E-state index is 12.5. The third-order valence-electron chi connectivity index (χ3n) is 4.87. The van der Waals surface area contributed by atoms with Crippen LogP contribution in [0.3, 0.4) is 0 Å². The molecule has 3 aromatic rings. The number of hydrogen-bond donors (Lipinski definition) is 3. The zero-order chi connectivity index (χ0) is 24.5. The van der Waals surface area contributed by atoms with E-state index in [9.17, 15) is 9.59 Å². The van der Waals surface area contributed by atoms with Gasteiger partial charge in [-0.15, -0.1) is 0 Å². The molecule has 176 valence electrons. The Morgan fingerprint density at radius 1 is 1.24 bits per heavy atom. The zero-order valence-corrected chi connectivity index (χ0v) is 20.2. The van der Waals surface area contributed by atoms with Crippen molar-refractivity contribution in [2.75, 3.05) is 11.1 Å². The number of carbonyl (C=O) groups excluding carboxylic acids is 2. The molecular formula is C23H29ClN6O3. The minimum Gasteiger partial charge on any atom is -0.383 e. The molecule has 2 amide bonds. The Balaban J connectivity index is 1.77. The fraction of sp³-hybridized carbons (Fsp3) is 0.391. The van der Waals surface area contributed by atoms with Gasteiger partial charge in [-0.25, -0.2) is 4.68 Å². The van der Waals surface area contributed by atoms with Crippen molar-refractivity contribution in [1.82, 2.24) is 14.9 Å². The summed E-state index contributed by atoms with van der Waals surface area (Å²) in [5.74, 6) is -0.483. The number of nitrogens with one attached hydrogen (secondary N) is 1. The van der Waals surface area contributed by atoms with Gasteiger partial charge in [0.1, 0.15) is 17.1 Å². The average molecular weight is 473 g/mol. The van der Waals surface area contributed by atoms with E-state index in [4.69, 9.17) is 27.6 Å². The number of nitrogen functional groups attached to an aromatic ring is 1. The van der Waals surface area contributed by atoms with Crippen molar-refractivity contribution in [3.05, 3.63) is 46.1 Å². The number of aromatic nitrogens is 3. The smallest absolute Gasteiger partial charge is 0.254 e. The van der Waals surface area contributed by atoms with Crippen molar-refractivity contribution in [2.45, 2.75) is 53.5 Å². The molecule has 0 unspecified atom stereocenters. The first kappa shape index (κ1) is 24.3. The SMILES string of the molecule is CC(C)n1nc(-c2ccc(CC(=O)Nc3cc(CC(C)(C)C)no3)cc2Cl)c(C(N)=O)c1N. The van der Waals surface area contributed by atoms with Crippen LogP contribution >= 0.6 is 11.6 Å². The molecule has 0 spiro atoms. The van der Waals surface area contributed by atoms with Crippen LogP contribution in [0.25, 0.3) is 11.3 Å². The first-order valence-corrected chi connectivity index (χ1v) is 11.0. The van der Waals surface area contributed by atoms with Gasteiger partial charge in [0.2, 0.25) is 11.8 Å². The molecule has 2 heterocycles. The molecule has 10 heteroatoms. The molecule has 0 aliphatic heterocycles. The van der Waals surface area contributed by atoms with Crippen molar-refractivity contribution < 1.29 is 14.1 Å². The molecule has 33 heavy (non-hydrogen) atoms. The standard InChI is InChI=1S/C23H29ClN6O3/c1-12(2)30-21(25)19(22(26)32)20(28-30)15-7-6-13(8-16(15)24)9-17(31)27-18-10-14(29-33-18)11-23(3,4)5/h6-8,10,12H,9,11,25H2,1-5H3,(H2,26,32)(H,27,31). The van der Waals surface area contributed by atoms with E-state index >= 15 is 0 Å². The number of amides is 2. The van der Waals surface area contributed by atoms with E-state index < -0.39 is 5.91 Å². The van der Waals surface area contributed by atoms with Crippen LogP contribution in [0.2, 0.25) is 5.02 Å². The van der Waals surface area contributed by atoms with Gasteiger partial charge in [0.05, 0.1) is 17.1 Å². The van der Waals surface area contributed by atoms with Gasteiger partial charge in [-0.1, -0.05) is 49.7 Å². The highest BCUT2D eigenvalue weighted by Gasteiger charge is 2.24. The van der Waals surface area contributed by atoms with Crippen molar-refractivity contribution in [1.29, 1.82) is 0 Å². The molecule has 0 saturated heterocycles. The number of nitrogens with zero attached hydrogens (tertiary/aromatic N) is 3. The number of benzene rings is 1. The summed E-state index contributed by atoms with van der Waals surface area (Å²) < 4.78 is 6.74. The Hall–Kier alpha value is -3.33. The van der Waals surface area contributed by atoms with Crippen molar-refractivity contribution in [3.63, 3.8) is 0 Å². The lowest BCUT2D eigenvalue weighted by atomic mass is 9.91. The monoisotopic (exact) mass is 472 g/mol. The molecule has 0 saturated carbocycles. The third-order valence-corrected chi connectivity index (χ3v) is 5.18. The number of halogens is 1. The quantitative estimate of drug-likeness (QED) is 0.469. The highest BCUT2D eigenvalue weighted by molar-refractivity contribution is 6.33. The zero-order valence-electron chi connectivity index (χ0n) is 19.4. The van der Waals surface area contributed by atoms with E-state index in [1.54, 1.807) is 24.3 Å². The van der Waals surface area contributed by atoms with Gasteiger partial charge >= 0.3 is 0 Å². The summed E-state index contributed by atoms with van der Waals surface area (Å²) in [6.45, 7) is 10.1. The number of rotatable bonds is 7. The molecule has 2 aromatic heterocycles. The van der Waals surface area contributed by atoms with Crippen LogP contribution in [0.15, 0.2) is 28.8 Å². The summed E-state index contributed by atoms with van der Waals surface area (Å²) >= 11 is 6.49. The van der Waals surface area contributed by atoms with Crippen molar-refractivity contribution in [2.24, 2.45) is 11.1 Å². The van der Waals surface area contributed by atoms with Gasteiger partial charge in [-0.05, 0) is 37.3 Å². The number of carbonyl (C=O) groups is 2. The number of anilines is 2. The lowest BCUT2D eigenvalue weighted by molar-refractivity contribution is -0.115. The Morgan fingerprint density at radius 3 is 2.52 bits per heavy atom. The number of hydrogen-bond acceptors (Lipinski definition) is 6. The largest absolute Gasteiger partial charge is 0.383 e. The van der Waals surface area contributed by atoms with E-state index in [0.717, 1.165) is 12.1 Å². The molecule has 1 aromatic carbocycles. The van der Waals surface area contributed by atoms with Crippen LogP contribution in [0.1, 0.15) is 62.3 Å². The van der Waals surface area contributed by atoms with Crippen LogP contribution in [-0.4, -0.2) is 26.8 Å². The van der Waals surface area contributed by atoms with Crippen LogP contribution in [0.5, 0.6) is 0 Å². The fourth-order valence-electron chi connectivity index (χ4n) is 3.50. The topological polar surface area (TPSA) is 142 Å². The molecular weight excluding hydrogens is 444 g/mol. The van der Waals surface area contributed by atoms with E-state index in [0.29, 0.717) is 27.7 Å². The molecule has 0 atom stereocenters. The maximum absolute atomic E-state index is 12.5. The Labute approximate surface area is 197 Å². The number of primary amides is 1. The maximum Gasteiger partial charge on any atom is 0.254 e. The van der Waals surface area contributed by atoms with E-state index in [-0.39, 0.29) is 35.2 Å². The van der Waals surface area contributed by atoms with Gasteiger partial charge in [-0.2, -0.15) is 5.10 Å². The summed E-state index contributed by atoms with van der Waals surface area (Å²) in [4.78, 5) is 24.5. The van der Waals surface area contributed by atoms with Crippen LogP contribution in [0.4, 0.5) is 11.7 Å². The molecule has 3 rings (SSSR count). The Bertz CT molecular complexity index is 1190. The summed E-state index contributed by atoms with van der Waals surface area (Å²) in [6, 6.07) is 6.73. The second-order valence-electron chi connectivity index (χ2n) is 9.47.